The molecule has 2 aromatic carbocycles. The molecule has 104 valence electrons. The van der Waals surface area contributed by atoms with Gasteiger partial charge in [-0.1, -0.05) is 61.9 Å². The highest BCUT2D eigenvalue weighted by atomic mass is 14.7. The molecule has 20 heavy (non-hydrogen) atoms. The van der Waals surface area contributed by atoms with Gasteiger partial charge in [-0.3, -0.25) is 0 Å². The van der Waals surface area contributed by atoms with Crippen LogP contribution in [0.1, 0.15) is 42.0 Å². The molecule has 0 fully saturated rings. The molecular weight excluding hydrogens is 242 g/mol. The van der Waals surface area contributed by atoms with Crippen LogP contribution in [-0.2, 0) is 24.8 Å². The maximum absolute atomic E-state index is 6.72. The predicted octanol–water partition coefficient (Wildman–Crippen LogP) is 3.98. The second kappa shape index (κ2) is 5.41. The summed E-state index contributed by atoms with van der Waals surface area (Å²) in [6, 6.07) is 17.7. The first kappa shape index (κ1) is 13.4. The summed E-state index contributed by atoms with van der Waals surface area (Å²) in [6.07, 6.45) is 5.43. The fourth-order valence-electron chi connectivity index (χ4n) is 3.30. The van der Waals surface area contributed by atoms with Gasteiger partial charge in [0.15, 0.2) is 0 Å². The molecule has 2 N–H and O–H groups in total. The van der Waals surface area contributed by atoms with Gasteiger partial charge in [-0.25, -0.2) is 0 Å². The summed E-state index contributed by atoms with van der Waals surface area (Å²) in [5, 5.41) is 0. The minimum Gasteiger partial charge on any atom is -0.321 e. The number of benzene rings is 2. The fourth-order valence-corrected chi connectivity index (χ4v) is 3.30. The molecule has 0 radical (unpaired) electrons. The second-order valence-corrected chi connectivity index (χ2v) is 6.05. The summed E-state index contributed by atoms with van der Waals surface area (Å²) >= 11 is 0. The SMILES string of the molecule is CCCc1ccc(C2(N)CCc3ccccc3C2)cc1. The topological polar surface area (TPSA) is 26.0 Å². The van der Waals surface area contributed by atoms with E-state index in [4.69, 9.17) is 5.73 Å². The first-order valence-electron chi connectivity index (χ1n) is 7.66. The van der Waals surface area contributed by atoms with Crippen LogP contribution in [0.2, 0.25) is 0 Å². The Labute approximate surface area is 121 Å². The Morgan fingerprint density at radius 3 is 2.40 bits per heavy atom. The average Bonchev–Trinajstić information content (AvgIpc) is 2.48. The predicted molar refractivity (Wildman–Crippen MR) is 84.8 cm³/mol. The molecule has 0 aromatic heterocycles. The molecule has 0 saturated heterocycles. The third-order valence-electron chi connectivity index (χ3n) is 4.53. The van der Waals surface area contributed by atoms with Gasteiger partial charge in [-0.2, -0.15) is 0 Å². The number of nitrogens with two attached hydrogens (primary N) is 1. The van der Waals surface area contributed by atoms with E-state index >= 15 is 0 Å². The van der Waals surface area contributed by atoms with Gasteiger partial charge in [0.05, 0.1) is 0 Å². The Bertz CT molecular complexity index is 585. The molecule has 0 spiro atoms. The van der Waals surface area contributed by atoms with Crippen molar-refractivity contribution >= 4 is 0 Å². The molecule has 0 saturated carbocycles. The van der Waals surface area contributed by atoms with E-state index < -0.39 is 0 Å². The minimum absolute atomic E-state index is 0.195. The Hall–Kier alpha value is -1.60. The molecule has 1 aliphatic rings. The Kier molecular flexibility index (Phi) is 3.62. The van der Waals surface area contributed by atoms with Crippen LogP contribution in [0.5, 0.6) is 0 Å². The minimum atomic E-state index is -0.195. The van der Waals surface area contributed by atoms with Crippen molar-refractivity contribution in [2.24, 2.45) is 5.73 Å². The normalized spacial score (nSPS) is 21.5. The third-order valence-corrected chi connectivity index (χ3v) is 4.53. The summed E-state index contributed by atoms with van der Waals surface area (Å²) in [4.78, 5) is 0. The van der Waals surface area contributed by atoms with Crippen LogP contribution in [0.15, 0.2) is 48.5 Å². The van der Waals surface area contributed by atoms with Crippen molar-refractivity contribution in [1.82, 2.24) is 0 Å². The van der Waals surface area contributed by atoms with Gasteiger partial charge in [0.2, 0.25) is 0 Å². The van der Waals surface area contributed by atoms with Gasteiger partial charge >= 0.3 is 0 Å². The lowest BCUT2D eigenvalue weighted by atomic mass is 9.74. The van der Waals surface area contributed by atoms with Crippen LogP contribution in [0, 0.1) is 0 Å². The second-order valence-electron chi connectivity index (χ2n) is 6.05. The monoisotopic (exact) mass is 265 g/mol. The Morgan fingerprint density at radius 1 is 1.00 bits per heavy atom. The smallest absolute Gasteiger partial charge is 0.0453 e. The fraction of sp³-hybridized carbons (Fsp3) is 0.368. The van der Waals surface area contributed by atoms with Crippen molar-refractivity contribution in [1.29, 1.82) is 0 Å². The van der Waals surface area contributed by atoms with Crippen LogP contribution < -0.4 is 5.73 Å². The molecular formula is C19H23N. The summed E-state index contributed by atoms with van der Waals surface area (Å²) in [5.41, 5.74) is 12.1. The van der Waals surface area contributed by atoms with E-state index in [0.29, 0.717) is 0 Å². The Balaban J connectivity index is 1.86. The van der Waals surface area contributed by atoms with Gasteiger partial charge in [0, 0.05) is 5.54 Å². The molecule has 1 unspecified atom stereocenters. The molecule has 1 aliphatic carbocycles. The molecule has 1 nitrogen and oxygen atoms in total. The number of hydrogen-bond donors (Lipinski definition) is 1. The molecule has 3 rings (SSSR count). The number of hydrogen-bond acceptors (Lipinski definition) is 1. The zero-order valence-corrected chi connectivity index (χ0v) is 12.2. The van der Waals surface area contributed by atoms with Gasteiger partial charge in [-0.15, -0.1) is 0 Å². The summed E-state index contributed by atoms with van der Waals surface area (Å²) in [5.74, 6) is 0. The maximum atomic E-state index is 6.72. The molecule has 1 atom stereocenters. The quantitative estimate of drug-likeness (QED) is 0.892. The van der Waals surface area contributed by atoms with Crippen molar-refractivity contribution in [3.8, 4) is 0 Å². The van der Waals surface area contributed by atoms with E-state index in [0.717, 1.165) is 25.7 Å². The Morgan fingerprint density at radius 2 is 1.70 bits per heavy atom. The lowest BCUT2D eigenvalue weighted by Crippen LogP contribution is -2.42. The van der Waals surface area contributed by atoms with Gasteiger partial charge in [0.25, 0.3) is 0 Å². The first-order valence-corrected chi connectivity index (χ1v) is 7.66. The summed E-state index contributed by atoms with van der Waals surface area (Å²) in [7, 11) is 0. The van der Waals surface area contributed by atoms with Gasteiger partial charge in [-0.05, 0) is 47.9 Å². The van der Waals surface area contributed by atoms with Gasteiger partial charge < -0.3 is 5.73 Å². The van der Waals surface area contributed by atoms with Crippen LogP contribution in [-0.4, -0.2) is 0 Å². The van der Waals surface area contributed by atoms with Crippen LogP contribution in [0.3, 0.4) is 0 Å². The molecule has 0 aliphatic heterocycles. The highest BCUT2D eigenvalue weighted by Crippen LogP contribution is 2.34. The maximum Gasteiger partial charge on any atom is 0.0453 e. The summed E-state index contributed by atoms with van der Waals surface area (Å²) < 4.78 is 0. The van der Waals surface area contributed by atoms with Crippen molar-refractivity contribution in [3.05, 3.63) is 70.8 Å². The highest BCUT2D eigenvalue weighted by Gasteiger charge is 2.31. The molecule has 1 heteroatoms. The lowest BCUT2D eigenvalue weighted by molar-refractivity contribution is 0.385. The van der Waals surface area contributed by atoms with Crippen molar-refractivity contribution in [3.63, 3.8) is 0 Å². The molecule has 0 amide bonds. The van der Waals surface area contributed by atoms with E-state index in [-0.39, 0.29) is 5.54 Å². The largest absolute Gasteiger partial charge is 0.321 e. The number of rotatable bonds is 3. The van der Waals surface area contributed by atoms with Crippen molar-refractivity contribution in [2.45, 2.75) is 44.6 Å². The van der Waals surface area contributed by atoms with Gasteiger partial charge in [0.1, 0.15) is 0 Å². The van der Waals surface area contributed by atoms with Crippen LogP contribution in [0.25, 0.3) is 0 Å². The van der Waals surface area contributed by atoms with E-state index in [1.165, 1.54) is 28.7 Å². The molecule has 0 bridgehead atoms. The van der Waals surface area contributed by atoms with E-state index in [9.17, 15) is 0 Å². The zero-order valence-electron chi connectivity index (χ0n) is 12.2. The van der Waals surface area contributed by atoms with Crippen LogP contribution in [0.4, 0.5) is 0 Å². The van der Waals surface area contributed by atoms with Crippen molar-refractivity contribution in [2.75, 3.05) is 0 Å². The van der Waals surface area contributed by atoms with Crippen LogP contribution >= 0.6 is 0 Å². The lowest BCUT2D eigenvalue weighted by Gasteiger charge is -2.35. The molecule has 0 heterocycles. The highest BCUT2D eigenvalue weighted by molar-refractivity contribution is 5.37. The van der Waals surface area contributed by atoms with Crippen molar-refractivity contribution < 1.29 is 0 Å². The first-order chi connectivity index (χ1) is 9.71. The van der Waals surface area contributed by atoms with E-state index in [1.54, 1.807) is 0 Å². The summed E-state index contributed by atoms with van der Waals surface area (Å²) in [6.45, 7) is 2.22. The van der Waals surface area contributed by atoms with E-state index in [2.05, 4.69) is 55.5 Å². The third kappa shape index (κ3) is 2.51. The molecule has 2 aromatic rings. The number of aryl methyl sites for hydroxylation is 2. The van der Waals surface area contributed by atoms with E-state index in [1.807, 2.05) is 0 Å². The zero-order chi connectivity index (χ0) is 14.0. The standard InChI is InChI=1S/C19H23N/c1-2-5-15-8-10-18(11-9-15)19(20)13-12-16-6-3-4-7-17(16)14-19/h3-4,6-11H,2,5,12-14,20H2,1H3. The average molecular weight is 265 g/mol. The number of fused-ring (bicyclic) bond motifs is 1.